The highest BCUT2D eigenvalue weighted by molar-refractivity contribution is 7.98. The Morgan fingerprint density at radius 3 is 2.00 bits per heavy atom. The van der Waals surface area contributed by atoms with Crippen LogP contribution in [0.3, 0.4) is 0 Å². The van der Waals surface area contributed by atoms with E-state index >= 15 is 0 Å². The number of fused-ring (bicyclic) bond motifs is 9. The fraction of sp³-hybridized carbons (Fsp3) is 0.250. The first kappa shape index (κ1) is 54.2. The van der Waals surface area contributed by atoms with Crippen LogP contribution < -0.4 is 0 Å². The van der Waals surface area contributed by atoms with Gasteiger partial charge in [0.1, 0.15) is 0 Å². The van der Waals surface area contributed by atoms with Crippen molar-refractivity contribution in [2.75, 3.05) is 6.26 Å². The van der Waals surface area contributed by atoms with Gasteiger partial charge in [0.25, 0.3) is 0 Å². The Morgan fingerprint density at radius 2 is 1.42 bits per heavy atom. The van der Waals surface area contributed by atoms with Crippen LogP contribution in [-0.2, 0) is 5.41 Å². The van der Waals surface area contributed by atoms with Crippen molar-refractivity contribution >= 4 is 45.1 Å². The third-order valence-electron chi connectivity index (χ3n) is 11.5. The lowest BCUT2D eigenvalue weighted by Gasteiger charge is -2.19. The first-order chi connectivity index (χ1) is 31.9. The highest BCUT2D eigenvalue weighted by Crippen LogP contribution is 2.52. The maximum absolute atomic E-state index is 4.05. The van der Waals surface area contributed by atoms with Gasteiger partial charge in [0, 0.05) is 44.5 Å². The molecule has 1 aromatic heterocycles. The summed E-state index contributed by atoms with van der Waals surface area (Å²) in [6, 6.07) is 23.9. The minimum atomic E-state index is 0.0268. The third-order valence-corrected chi connectivity index (χ3v) is 12.3. The Bertz CT molecular complexity index is 2640. The SMILES string of the molecule is C=CC.C=CC.C=CC=C.C=CCC.C=CCC(/C=C\C)c1cc2ccc3c(c4c5n3-c3ccc(-c6ccc7c(c6)C(/C=C\C=C/C)=CC7(C)C)cc3C5CC=C4)c2cc1SC.CC=CC. The van der Waals surface area contributed by atoms with E-state index < -0.39 is 0 Å². The molecule has 5 aromatic rings. The zero-order chi connectivity index (χ0) is 48.8. The molecule has 1 aliphatic heterocycles. The first-order valence-electron chi connectivity index (χ1n) is 23.4. The van der Waals surface area contributed by atoms with E-state index in [2.05, 4.69) is 200 Å². The molecule has 0 bridgehead atoms. The maximum atomic E-state index is 4.05. The number of hydrogen-bond donors (Lipinski definition) is 0. The van der Waals surface area contributed by atoms with Gasteiger partial charge in [-0.1, -0.05) is 161 Å². The highest BCUT2D eigenvalue weighted by Gasteiger charge is 2.36. The summed E-state index contributed by atoms with van der Waals surface area (Å²) in [5.74, 6) is 0.702. The van der Waals surface area contributed by atoms with Crippen molar-refractivity contribution in [1.82, 2.24) is 4.57 Å². The van der Waals surface area contributed by atoms with Gasteiger partial charge in [0.2, 0.25) is 0 Å². The molecule has 0 N–H and O–H groups in total. The summed E-state index contributed by atoms with van der Waals surface area (Å²) in [6.45, 7) is 39.6. The molecule has 0 spiro atoms. The van der Waals surface area contributed by atoms with Crippen molar-refractivity contribution in [3.05, 3.63) is 231 Å². The fourth-order valence-electron chi connectivity index (χ4n) is 8.57. The predicted octanol–water partition coefficient (Wildman–Crippen LogP) is 20.0. The molecule has 2 aliphatic carbocycles. The van der Waals surface area contributed by atoms with Crippen LogP contribution in [0.4, 0.5) is 0 Å². The van der Waals surface area contributed by atoms with Crippen molar-refractivity contribution in [3.63, 3.8) is 0 Å². The van der Waals surface area contributed by atoms with Crippen LogP contribution >= 0.6 is 11.8 Å². The van der Waals surface area contributed by atoms with Gasteiger partial charge in [-0.2, -0.15) is 0 Å². The van der Waals surface area contributed by atoms with Gasteiger partial charge in [0.15, 0.2) is 0 Å². The van der Waals surface area contributed by atoms with E-state index in [-0.39, 0.29) is 5.41 Å². The molecular weight excluding hydrogens is 815 g/mol. The van der Waals surface area contributed by atoms with Crippen molar-refractivity contribution in [2.24, 2.45) is 0 Å². The topological polar surface area (TPSA) is 4.93 Å². The van der Waals surface area contributed by atoms with Crippen LogP contribution in [0, 0.1) is 0 Å². The summed E-state index contributed by atoms with van der Waals surface area (Å²) < 4.78 is 2.57. The first-order valence-corrected chi connectivity index (χ1v) is 24.6. The maximum Gasteiger partial charge on any atom is 0.0544 e. The Morgan fingerprint density at radius 1 is 0.773 bits per heavy atom. The van der Waals surface area contributed by atoms with Crippen LogP contribution in [0.25, 0.3) is 50.1 Å². The molecule has 2 unspecified atom stereocenters. The number of benzene rings is 4. The van der Waals surface area contributed by atoms with Gasteiger partial charge in [-0.15, -0.1) is 38.1 Å². The highest BCUT2D eigenvalue weighted by atomic mass is 32.2. The summed E-state index contributed by atoms with van der Waals surface area (Å²) in [7, 11) is 0. The third kappa shape index (κ3) is 12.6. The van der Waals surface area contributed by atoms with E-state index in [1.165, 1.54) is 82.5 Å². The molecule has 1 nitrogen and oxygen atoms in total. The van der Waals surface area contributed by atoms with Gasteiger partial charge in [0.05, 0.1) is 5.52 Å². The van der Waals surface area contributed by atoms with E-state index in [1.807, 2.05) is 63.8 Å². The molecule has 4 aromatic carbocycles. The Labute approximate surface area is 405 Å². The van der Waals surface area contributed by atoms with E-state index in [1.54, 1.807) is 24.3 Å². The van der Waals surface area contributed by atoms with E-state index in [0.717, 1.165) is 19.3 Å². The fourth-order valence-corrected chi connectivity index (χ4v) is 9.25. The second-order valence-corrected chi connectivity index (χ2v) is 17.5. The number of rotatable bonds is 10. The molecule has 2 atom stereocenters. The number of hydrogen-bond acceptors (Lipinski definition) is 1. The average Bonchev–Trinajstić information content (AvgIpc) is 3.95. The van der Waals surface area contributed by atoms with Crippen LogP contribution in [0.15, 0.2) is 202 Å². The Hall–Kier alpha value is -6.09. The Kier molecular flexibility index (Phi) is 22.5. The van der Waals surface area contributed by atoms with Gasteiger partial charge >= 0.3 is 0 Å². The van der Waals surface area contributed by atoms with E-state index in [9.17, 15) is 0 Å². The molecule has 2 heteroatoms. The molecule has 0 fully saturated rings. The quantitative estimate of drug-likeness (QED) is 0.0768. The second kappa shape index (κ2) is 27.4. The smallest absolute Gasteiger partial charge is 0.0544 e. The largest absolute Gasteiger partial charge is 0.312 e. The Balaban J connectivity index is 0.000000555. The summed E-state index contributed by atoms with van der Waals surface area (Å²) in [6.07, 6.45) is 40.2. The number of nitrogens with zero attached hydrogens (tertiary/aromatic N) is 1. The molecule has 0 saturated carbocycles. The van der Waals surface area contributed by atoms with E-state index in [0.29, 0.717) is 11.8 Å². The summed E-state index contributed by atoms with van der Waals surface area (Å²) >= 11 is 1.85. The molecule has 0 amide bonds. The van der Waals surface area contributed by atoms with Crippen molar-refractivity contribution in [3.8, 4) is 16.8 Å². The van der Waals surface area contributed by atoms with Gasteiger partial charge < -0.3 is 4.57 Å². The molecule has 2 heterocycles. The molecule has 3 aliphatic rings. The number of thioether (sulfide) groups is 1. The standard InChI is InChI=1S/C46H43NS.2C4H8.C4H6.2C3H6/c1-7-10-11-15-33-28-46(4,5)40-21-18-30(24-36(33)40)31-19-22-41-39(25-31)34-16-12-17-35-44-38-27-43(48-6)37(29(13-8-2)14-9-3)26-32(38)20-23-42(44)47(41)45(34)35;3*1-3-4-2;2*1-3-2/h7-12,14-15,17-29,34H,2,13,16H2,1,3-6H3;3-4H,1-2H3;3H,1,4H2,2H3;3-4H,1-2H2;2*3H,1H2,2H3/b10-7-,14-9-,15-11-;;;;;. The molecule has 8 rings (SSSR count). The number of aromatic nitrogens is 1. The van der Waals surface area contributed by atoms with Crippen LogP contribution in [-0.4, -0.2) is 10.8 Å². The van der Waals surface area contributed by atoms with Crippen molar-refractivity contribution in [2.45, 2.75) is 104 Å². The van der Waals surface area contributed by atoms with Crippen molar-refractivity contribution in [1.29, 1.82) is 0 Å². The van der Waals surface area contributed by atoms with Crippen LogP contribution in [0.1, 0.15) is 127 Å². The van der Waals surface area contributed by atoms with Crippen LogP contribution in [0.5, 0.6) is 0 Å². The summed E-state index contributed by atoms with van der Waals surface area (Å²) in [5.41, 5.74) is 15.0. The van der Waals surface area contributed by atoms with E-state index in [4.69, 9.17) is 0 Å². The average molecular weight is 892 g/mol. The zero-order valence-corrected chi connectivity index (χ0v) is 42.8. The van der Waals surface area contributed by atoms with Gasteiger partial charge in [-0.25, -0.2) is 0 Å². The minimum Gasteiger partial charge on any atom is -0.312 e. The predicted molar refractivity (Wildman–Crippen MR) is 304 cm³/mol. The lowest BCUT2D eigenvalue weighted by Crippen LogP contribution is -2.10. The lowest BCUT2D eigenvalue weighted by molar-refractivity contribution is 0.683. The molecular formula is C64H77NS. The monoisotopic (exact) mass is 892 g/mol. The second-order valence-electron chi connectivity index (χ2n) is 16.6. The molecule has 344 valence electrons. The van der Waals surface area contributed by atoms with Gasteiger partial charge in [-0.3, -0.25) is 0 Å². The zero-order valence-electron chi connectivity index (χ0n) is 42.0. The van der Waals surface area contributed by atoms with Gasteiger partial charge in [-0.05, 0) is 153 Å². The molecule has 66 heavy (non-hydrogen) atoms. The summed E-state index contributed by atoms with van der Waals surface area (Å²) in [4.78, 5) is 1.35. The lowest BCUT2D eigenvalue weighted by atomic mass is 9.84. The normalized spacial score (nSPS) is 14.7. The van der Waals surface area contributed by atoms with Crippen LogP contribution in [0.2, 0.25) is 0 Å². The molecule has 0 saturated heterocycles. The minimum absolute atomic E-state index is 0.0268. The summed E-state index contributed by atoms with van der Waals surface area (Å²) in [5, 5.41) is 4.05. The number of allylic oxidation sites excluding steroid dienone is 17. The van der Waals surface area contributed by atoms with Crippen molar-refractivity contribution < 1.29 is 0 Å². The molecule has 0 radical (unpaired) electrons.